The number of aliphatic hydroxyl groups excluding tert-OH is 1. The Morgan fingerprint density at radius 3 is 2.58 bits per heavy atom. The van der Waals surface area contributed by atoms with Crippen molar-refractivity contribution >= 4 is 6.03 Å². The van der Waals surface area contributed by atoms with E-state index >= 15 is 0 Å². The van der Waals surface area contributed by atoms with E-state index in [2.05, 4.69) is 38.2 Å². The van der Waals surface area contributed by atoms with Crippen molar-refractivity contribution in [2.45, 2.75) is 45.6 Å². The van der Waals surface area contributed by atoms with Gasteiger partial charge in [-0.25, -0.2) is 4.79 Å². The van der Waals surface area contributed by atoms with E-state index < -0.39 is 0 Å². The number of carbonyl (C=O) groups excluding carboxylic acids is 1. The van der Waals surface area contributed by atoms with E-state index in [9.17, 15) is 9.90 Å². The maximum absolute atomic E-state index is 12.1. The number of nitrogens with one attached hydrogen (secondary N) is 1. The highest BCUT2D eigenvalue weighted by Gasteiger charge is 2.28. The van der Waals surface area contributed by atoms with E-state index in [4.69, 9.17) is 4.74 Å². The van der Waals surface area contributed by atoms with Gasteiger partial charge in [0.1, 0.15) is 12.4 Å². The largest absolute Gasteiger partial charge is 0.492 e. The molecular formula is C19H30N2O3. The first-order valence-electron chi connectivity index (χ1n) is 8.71. The van der Waals surface area contributed by atoms with Crippen LogP contribution in [-0.2, 0) is 5.41 Å². The van der Waals surface area contributed by atoms with Gasteiger partial charge in [0.2, 0.25) is 0 Å². The second kappa shape index (κ2) is 7.88. The normalized spacial score (nSPS) is 19.2. The van der Waals surface area contributed by atoms with Gasteiger partial charge in [0.25, 0.3) is 0 Å². The number of likely N-dealkylation sites (tertiary alicyclic amines) is 1. The molecule has 2 rings (SSSR count). The van der Waals surface area contributed by atoms with E-state index in [-0.39, 0.29) is 23.5 Å². The third-order valence-corrected chi connectivity index (χ3v) is 4.56. The van der Waals surface area contributed by atoms with Gasteiger partial charge in [0.05, 0.1) is 12.6 Å². The molecule has 1 aromatic carbocycles. The third-order valence-electron chi connectivity index (χ3n) is 4.56. The molecule has 1 heterocycles. The molecule has 0 saturated carbocycles. The molecule has 0 aromatic heterocycles. The lowest BCUT2D eigenvalue weighted by Crippen LogP contribution is -2.40. The van der Waals surface area contributed by atoms with Crippen molar-refractivity contribution in [1.29, 1.82) is 0 Å². The topological polar surface area (TPSA) is 61.8 Å². The van der Waals surface area contributed by atoms with Gasteiger partial charge in [-0.1, -0.05) is 32.9 Å². The second-order valence-electron chi connectivity index (χ2n) is 7.59. The minimum absolute atomic E-state index is 0.0789. The number of carbonyl (C=O) groups is 1. The summed E-state index contributed by atoms with van der Waals surface area (Å²) < 4.78 is 5.67. The predicted molar refractivity (Wildman–Crippen MR) is 95.4 cm³/mol. The van der Waals surface area contributed by atoms with E-state index in [0.717, 1.165) is 12.2 Å². The molecule has 5 heteroatoms. The third kappa shape index (κ3) is 5.13. The van der Waals surface area contributed by atoms with Gasteiger partial charge < -0.3 is 20.1 Å². The number of urea groups is 1. The number of amides is 2. The Morgan fingerprint density at radius 1 is 1.38 bits per heavy atom. The van der Waals surface area contributed by atoms with E-state index in [0.29, 0.717) is 26.2 Å². The molecule has 2 N–H and O–H groups in total. The van der Waals surface area contributed by atoms with Crippen molar-refractivity contribution in [2.75, 3.05) is 26.2 Å². The lowest BCUT2D eigenvalue weighted by Gasteiger charge is -2.19. The molecule has 1 aromatic rings. The zero-order chi connectivity index (χ0) is 17.7. The first-order chi connectivity index (χ1) is 11.3. The molecule has 1 aliphatic heterocycles. The molecule has 0 bridgehead atoms. The minimum atomic E-state index is -0.359. The summed E-state index contributed by atoms with van der Waals surface area (Å²) in [5.74, 6) is 1.00. The van der Waals surface area contributed by atoms with Crippen molar-refractivity contribution in [3.63, 3.8) is 0 Å². The van der Waals surface area contributed by atoms with Gasteiger partial charge in [-0.05, 0) is 36.5 Å². The fraction of sp³-hybridized carbons (Fsp3) is 0.632. The number of hydrogen-bond acceptors (Lipinski definition) is 3. The standard InChI is InChI=1S/C19H30N2O3/c1-14(22)15-9-11-21(13-15)18(23)20-10-12-24-17-7-5-16(6-8-17)19(2,3)4/h5-8,14-15,22H,9-13H2,1-4H3,(H,20,23)/t14-,15-/m1/s1. The average molecular weight is 334 g/mol. The molecular weight excluding hydrogens is 304 g/mol. The fourth-order valence-electron chi connectivity index (χ4n) is 2.86. The van der Waals surface area contributed by atoms with Crippen LogP contribution in [0.2, 0.25) is 0 Å². The van der Waals surface area contributed by atoms with Crippen molar-refractivity contribution in [3.05, 3.63) is 29.8 Å². The Balaban J connectivity index is 1.69. The highest BCUT2D eigenvalue weighted by atomic mass is 16.5. The van der Waals surface area contributed by atoms with Crippen LogP contribution in [0.4, 0.5) is 4.79 Å². The zero-order valence-electron chi connectivity index (χ0n) is 15.2. The van der Waals surface area contributed by atoms with Crippen LogP contribution in [0.15, 0.2) is 24.3 Å². The van der Waals surface area contributed by atoms with Gasteiger partial charge in [0, 0.05) is 19.0 Å². The molecule has 1 fully saturated rings. The molecule has 24 heavy (non-hydrogen) atoms. The molecule has 134 valence electrons. The molecule has 1 saturated heterocycles. The maximum Gasteiger partial charge on any atom is 0.317 e. The number of rotatable bonds is 5. The molecule has 2 amide bonds. The van der Waals surface area contributed by atoms with Gasteiger partial charge in [-0.3, -0.25) is 0 Å². The maximum atomic E-state index is 12.1. The van der Waals surface area contributed by atoms with E-state index in [1.54, 1.807) is 11.8 Å². The van der Waals surface area contributed by atoms with Gasteiger partial charge in [0.15, 0.2) is 0 Å². The molecule has 0 aliphatic carbocycles. The molecule has 0 radical (unpaired) electrons. The fourth-order valence-corrected chi connectivity index (χ4v) is 2.86. The summed E-state index contributed by atoms with van der Waals surface area (Å²) in [6.07, 6.45) is 0.504. The minimum Gasteiger partial charge on any atom is -0.492 e. The number of nitrogens with zero attached hydrogens (tertiary/aromatic N) is 1. The molecule has 2 atom stereocenters. The summed E-state index contributed by atoms with van der Waals surface area (Å²) in [5.41, 5.74) is 1.40. The smallest absolute Gasteiger partial charge is 0.317 e. The lowest BCUT2D eigenvalue weighted by molar-refractivity contribution is 0.129. The zero-order valence-corrected chi connectivity index (χ0v) is 15.2. The van der Waals surface area contributed by atoms with Crippen molar-refractivity contribution in [2.24, 2.45) is 5.92 Å². The number of ether oxygens (including phenoxy) is 1. The number of benzene rings is 1. The molecule has 0 unspecified atom stereocenters. The summed E-state index contributed by atoms with van der Waals surface area (Å²) >= 11 is 0. The molecule has 5 nitrogen and oxygen atoms in total. The summed E-state index contributed by atoms with van der Waals surface area (Å²) in [5, 5.41) is 12.5. The van der Waals surface area contributed by atoms with Crippen molar-refractivity contribution in [1.82, 2.24) is 10.2 Å². The quantitative estimate of drug-likeness (QED) is 0.814. The Hall–Kier alpha value is -1.75. The van der Waals surface area contributed by atoms with E-state index in [1.165, 1.54) is 5.56 Å². The summed E-state index contributed by atoms with van der Waals surface area (Å²) in [4.78, 5) is 13.8. The first-order valence-corrected chi connectivity index (χ1v) is 8.71. The van der Waals surface area contributed by atoms with Crippen LogP contribution in [0.3, 0.4) is 0 Å². The van der Waals surface area contributed by atoms with E-state index in [1.807, 2.05) is 12.1 Å². The Bertz CT molecular complexity index is 535. The predicted octanol–water partition coefficient (Wildman–Crippen LogP) is 2.78. The van der Waals surface area contributed by atoms with Gasteiger partial charge in [-0.2, -0.15) is 0 Å². The Labute approximate surface area is 145 Å². The monoisotopic (exact) mass is 334 g/mol. The second-order valence-corrected chi connectivity index (χ2v) is 7.59. The highest BCUT2D eigenvalue weighted by Crippen LogP contribution is 2.24. The summed E-state index contributed by atoms with van der Waals surface area (Å²) in [6, 6.07) is 8.01. The molecule has 1 aliphatic rings. The van der Waals surface area contributed by atoms with Crippen molar-refractivity contribution < 1.29 is 14.6 Å². The Kier molecular flexibility index (Phi) is 6.10. The lowest BCUT2D eigenvalue weighted by atomic mass is 9.87. The highest BCUT2D eigenvalue weighted by molar-refractivity contribution is 5.74. The molecule has 0 spiro atoms. The van der Waals surface area contributed by atoms with Crippen LogP contribution in [0.5, 0.6) is 5.75 Å². The van der Waals surface area contributed by atoms with Crippen LogP contribution >= 0.6 is 0 Å². The van der Waals surface area contributed by atoms with Crippen LogP contribution in [0.25, 0.3) is 0 Å². The van der Waals surface area contributed by atoms with Crippen LogP contribution < -0.4 is 10.1 Å². The summed E-state index contributed by atoms with van der Waals surface area (Å²) in [6.45, 7) is 10.6. The Morgan fingerprint density at radius 2 is 2.04 bits per heavy atom. The van der Waals surface area contributed by atoms with Crippen LogP contribution in [-0.4, -0.2) is 48.4 Å². The average Bonchev–Trinajstić information content (AvgIpc) is 3.01. The number of hydrogen-bond donors (Lipinski definition) is 2. The SMILES string of the molecule is C[C@@H](O)[C@@H]1CCN(C(=O)NCCOc2ccc(C(C)(C)C)cc2)C1. The summed E-state index contributed by atoms with van der Waals surface area (Å²) in [7, 11) is 0. The van der Waals surface area contributed by atoms with Gasteiger partial charge in [-0.15, -0.1) is 0 Å². The first kappa shape index (κ1) is 18.6. The van der Waals surface area contributed by atoms with Crippen LogP contribution in [0.1, 0.15) is 39.7 Å². The number of aliphatic hydroxyl groups is 1. The van der Waals surface area contributed by atoms with Crippen LogP contribution in [0, 0.1) is 5.92 Å². The van der Waals surface area contributed by atoms with Crippen molar-refractivity contribution in [3.8, 4) is 5.75 Å². The van der Waals surface area contributed by atoms with Gasteiger partial charge >= 0.3 is 6.03 Å².